The topological polar surface area (TPSA) is 82.8 Å². The molecule has 98 valence electrons. The van der Waals surface area contributed by atoms with E-state index in [0.29, 0.717) is 11.4 Å². The number of aromatic nitrogens is 1. The summed E-state index contributed by atoms with van der Waals surface area (Å²) < 4.78 is 22.7. The third-order valence-electron chi connectivity index (χ3n) is 3.42. The molecule has 3 rings (SSSR count). The summed E-state index contributed by atoms with van der Waals surface area (Å²) in [5.74, 6) is 0.520. The Morgan fingerprint density at radius 2 is 2.26 bits per heavy atom. The van der Waals surface area contributed by atoms with E-state index in [1.165, 1.54) is 5.41 Å². The normalized spacial score (nSPS) is 23.0. The van der Waals surface area contributed by atoms with Gasteiger partial charge < -0.3 is 5.32 Å². The summed E-state index contributed by atoms with van der Waals surface area (Å²) in [7, 11) is -3.10. The molecule has 1 aliphatic carbocycles. The monoisotopic (exact) mass is 275 g/mol. The largest absolute Gasteiger partial charge is 0.362 e. The van der Waals surface area contributed by atoms with Gasteiger partial charge in [0.1, 0.15) is 11.9 Å². The van der Waals surface area contributed by atoms with Crippen molar-refractivity contribution in [3.05, 3.63) is 34.4 Å². The lowest BCUT2D eigenvalue weighted by Crippen LogP contribution is -2.22. The molecule has 2 heterocycles. The number of nitriles is 1. The molecule has 2 aliphatic rings. The number of fused-ring (bicyclic) bond motifs is 1. The number of aryl methyl sites for hydroxylation is 2. The zero-order valence-electron chi connectivity index (χ0n) is 10.3. The van der Waals surface area contributed by atoms with Crippen molar-refractivity contribution in [2.24, 2.45) is 0 Å². The Kier molecular flexibility index (Phi) is 2.79. The van der Waals surface area contributed by atoms with Crippen molar-refractivity contribution in [3.63, 3.8) is 0 Å². The summed E-state index contributed by atoms with van der Waals surface area (Å²) in [4.78, 5) is 4.47. The number of anilines is 1. The quantitative estimate of drug-likeness (QED) is 0.875. The molecular formula is C13H13N3O2S. The predicted molar refractivity (Wildman–Crippen MR) is 71.3 cm³/mol. The van der Waals surface area contributed by atoms with Crippen molar-refractivity contribution < 1.29 is 8.42 Å². The summed E-state index contributed by atoms with van der Waals surface area (Å²) in [5, 5.41) is 13.4. The van der Waals surface area contributed by atoms with Crippen LogP contribution in [-0.4, -0.2) is 25.2 Å². The van der Waals surface area contributed by atoms with E-state index >= 15 is 0 Å². The molecule has 0 amide bonds. The molecule has 1 aliphatic heterocycles. The zero-order valence-corrected chi connectivity index (χ0v) is 11.1. The number of hydrogen-bond acceptors (Lipinski definition) is 5. The molecule has 5 nitrogen and oxygen atoms in total. The number of sulfone groups is 1. The highest BCUT2D eigenvalue weighted by Gasteiger charge is 2.24. The van der Waals surface area contributed by atoms with Gasteiger partial charge in [0, 0.05) is 11.1 Å². The summed E-state index contributed by atoms with van der Waals surface area (Å²) in [5.41, 5.74) is 2.64. The maximum atomic E-state index is 11.4. The smallest absolute Gasteiger partial charge is 0.173 e. The summed E-state index contributed by atoms with van der Waals surface area (Å²) in [6, 6.07) is 3.69. The van der Waals surface area contributed by atoms with Gasteiger partial charge in [-0.05, 0) is 37.0 Å². The molecule has 0 saturated heterocycles. The second-order valence-corrected chi connectivity index (χ2v) is 6.80. The molecule has 1 N–H and O–H groups in total. The van der Waals surface area contributed by atoms with Gasteiger partial charge in [-0.2, -0.15) is 5.26 Å². The lowest BCUT2D eigenvalue weighted by atomic mass is 10.1. The van der Waals surface area contributed by atoms with Crippen LogP contribution in [0.25, 0.3) is 0 Å². The predicted octanol–water partition coefficient (Wildman–Crippen LogP) is 1.16. The van der Waals surface area contributed by atoms with Crippen molar-refractivity contribution in [2.75, 3.05) is 11.1 Å². The minimum atomic E-state index is -3.10. The first kappa shape index (κ1) is 12.2. The summed E-state index contributed by atoms with van der Waals surface area (Å²) >= 11 is 0. The van der Waals surface area contributed by atoms with Crippen LogP contribution < -0.4 is 5.32 Å². The number of hydrogen-bond donors (Lipinski definition) is 1. The molecule has 1 aromatic heterocycles. The Bertz CT molecular complexity index is 701. The highest BCUT2D eigenvalue weighted by Crippen LogP contribution is 2.26. The van der Waals surface area contributed by atoms with Crippen LogP contribution in [0.4, 0.5) is 5.82 Å². The van der Waals surface area contributed by atoms with Gasteiger partial charge >= 0.3 is 0 Å². The van der Waals surface area contributed by atoms with Crippen LogP contribution in [0.2, 0.25) is 0 Å². The van der Waals surface area contributed by atoms with Crippen LogP contribution in [0.15, 0.2) is 17.6 Å². The number of rotatable bonds is 2. The third-order valence-corrected chi connectivity index (χ3v) is 4.82. The SMILES string of the molecule is N#Cc1cc2c(nc1NC1C=CS(=O)(=O)C1)CCC2. The van der Waals surface area contributed by atoms with E-state index in [1.807, 2.05) is 6.07 Å². The molecule has 19 heavy (non-hydrogen) atoms. The molecule has 0 bridgehead atoms. The molecule has 0 saturated carbocycles. The molecule has 6 heteroatoms. The van der Waals surface area contributed by atoms with Crippen molar-refractivity contribution >= 4 is 15.7 Å². The number of nitrogens with one attached hydrogen (secondary N) is 1. The maximum Gasteiger partial charge on any atom is 0.173 e. The minimum Gasteiger partial charge on any atom is -0.362 e. The van der Waals surface area contributed by atoms with Gasteiger partial charge in [0.2, 0.25) is 0 Å². The Morgan fingerprint density at radius 1 is 1.42 bits per heavy atom. The molecule has 0 aromatic carbocycles. The fourth-order valence-electron chi connectivity index (χ4n) is 2.51. The fraction of sp³-hybridized carbons (Fsp3) is 0.385. The van der Waals surface area contributed by atoms with Crippen LogP contribution in [0.5, 0.6) is 0 Å². The maximum absolute atomic E-state index is 11.4. The zero-order chi connectivity index (χ0) is 13.5. The van der Waals surface area contributed by atoms with Gasteiger partial charge in [0.25, 0.3) is 0 Å². The van der Waals surface area contributed by atoms with E-state index in [1.54, 1.807) is 6.08 Å². The van der Waals surface area contributed by atoms with Crippen LogP contribution in [0.3, 0.4) is 0 Å². The third kappa shape index (κ3) is 2.34. The van der Waals surface area contributed by atoms with Crippen molar-refractivity contribution in [1.82, 2.24) is 4.98 Å². The van der Waals surface area contributed by atoms with Gasteiger partial charge in [-0.15, -0.1) is 0 Å². The molecule has 0 fully saturated rings. The standard InChI is InChI=1S/C13H13N3O2S/c14-7-10-6-9-2-1-3-12(9)16-13(10)15-11-4-5-19(17,18)8-11/h4-6,11H,1-3,8H2,(H,15,16). The highest BCUT2D eigenvalue weighted by atomic mass is 32.2. The van der Waals surface area contributed by atoms with Crippen LogP contribution in [-0.2, 0) is 22.7 Å². The second-order valence-electron chi connectivity index (χ2n) is 4.86. The van der Waals surface area contributed by atoms with Gasteiger partial charge in [-0.3, -0.25) is 0 Å². The highest BCUT2D eigenvalue weighted by molar-refractivity contribution is 7.94. The van der Waals surface area contributed by atoms with Gasteiger partial charge in [0.15, 0.2) is 9.84 Å². The Labute approximate surface area is 111 Å². The lowest BCUT2D eigenvalue weighted by molar-refractivity contribution is 0.605. The summed E-state index contributed by atoms with van der Waals surface area (Å²) in [6.45, 7) is 0. The van der Waals surface area contributed by atoms with Crippen LogP contribution >= 0.6 is 0 Å². The Balaban J connectivity index is 1.90. The lowest BCUT2D eigenvalue weighted by Gasteiger charge is -2.13. The minimum absolute atomic E-state index is 0.0244. The van der Waals surface area contributed by atoms with Crippen LogP contribution in [0, 0.1) is 11.3 Å². The summed E-state index contributed by atoms with van der Waals surface area (Å²) in [6.07, 6.45) is 4.56. The number of pyridine rings is 1. The molecular weight excluding hydrogens is 262 g/mol. The van der Waals surface area contributed by atoms with E-state index in [2.05, 4.69) is 16.4 Å². The molecule has 1 aromatic rings. The van der Waals surface area contributed by atoms with Crippen molar-refractivity contribution in [1.29, 1.82) is 5.26 Å². The molecule has 0 spiro atoms. The van der Waals surface area contributed by atoms with E-state index in [4.69, 9.17) is 5.26 Å². The van der Waals surface area contributed by atoms with E-state index < -0.39 is 9.84 Å². The van der Waals surface area contributed by atoms with E-state index in [-0.39, 0.29) is 11.8 Å². The Hall–Kier alpha value is -1.87. The van der Waals surface area contributed by atoms with Gasteiger partial charge in [-0.25, -0.2) is 13.4 Å². The molecule has 1 atom stereocenters. The first-order valence-corrected chi connectivity index (χ1v) is 7.89. The van der Waals surface area contributed by atoms with E-state index in [9.17, 15) is 8.42 Å². The Morgan fingerprint density at radius 3 is 2.95 bits per heavy atom. The first-order valence-electron chi connectivity index (χ1n) is 6.18. The average Bonchev–Trinajstić information content (AvgIpc) is 2.94. The first-order chi connectivity index (χ1) is 9.07. The van der Waals surface area contributed by atoms with Crippen molar-refractivity contribution in [3.8, 4) is 6.07 Å². The average molecular weight is 275 g/mol. The fourth-order valence-corrected chi connectivity index (χ4v) is 3.74. The van der Waals surface area contributed by atoms with Gasteiger partial charge in [0.05, 0.1) is 17.4 Å². The van der Waals surface area contributed by atoms with Crippen LogP contribution in [0.1, 0.15) is 23.2 Å². The second kappa shape index (κ2) is 4.35. The van der Waals surface area contributed by atoms with Gasteiger partial charge in [-0.1, -0.05) is 0 Å². The molecule has 1 unspecified atom stereocenters. The van der Waals surface area contributed by atoms with E-state index in [0.717, 1.165) is 30.5 Å². The molecule has 0 radical (unpaired) electrons. The van der Waals surface area contributed by atoms with Crippen molar-refractivity contribution in [2.45, 2.75) is 25.3 Å². The number of nitrogens with zero attached hydrogens (tertiary/aromatic N) is 2.